The van der Waals surface area contributed by atoms with E-state index in [9.17, 15) is 22.0 Å². The zero-order valence-corrected chi connectivity index (χ0v) is 18.2. The average molecular weight is 489 g/mol. The molecule has 182 valence electrons. The second kappa shape index (κ2) is 8.77. The second-order valence-corrected chi connectivity index (χ2v) is 8.39. The van der Waals surface area contributed by atoms with Gasteiger partial charge < -0.3 is 16.0 Å². The first-order chi connectivity index (χ1) is 16.7. The summed E-state index contributed by atoms with van der Waals surface area (Å²) in [6, 6.07) is 7.56. The molecule has 1 aromatic carbocycles. The van der Waals surface area contributed by atoms with Gasteiger partial charge in [-0.15, -0.1) is 0 Å². The number of nitrogens with one attached hydrogen (secondary N) is 1. The second-order valence-electron chi connectivity index (χ2n) is 8.39. The summed E-state index contributed by atoms with van der Waals surface area (Å²) in [5, 5.41) is 7.38. The molecular weight excluding hydrogens is 469 g/mol. The van der Waals surface area contributed by atoms with E-state index in [0.717, 1.165) is 12.1 Å². The monoisotopic (exact) mass is 489 g/mol. The third-order valence-electron chi connectivity index (χ3n) is 5.93. The van der Waals surface area contributed by atoms with Crippen molar-refractivity contribution in [1.29, 1.82) is 0 Å². The lowest BCUT2D eigenvalue weighted by Gasteiger charge is -2.39. The highest BCUT2D eigenvalue weighted by atomic mass is 19.4. The van der Waals surface area contributed by atoms with Crippen molar-refractivity contribution >= 4 is 22.8 Å². The van der Waals surface area contributed by atoms with Gasteiger partial charge in [-0.2, -0.15) is 22.8 Å². The van der Waals surface area contributed by atoms with Gasteiger partial charge in [0, 0.05) is 25.3 Å². The van der Waals surface area contributed by atoms with Gasteiger partial charge >= 0.3 is 6.18 Å². The number of hydrogen-bond donors (Lipinski definition) is 2. The molecule has 1 aliphatic rings. The number of halogens is 5. The van der Waals surface area contributed by atoms with Crippen LogP contribution in [0.25, 0.3) is 16.8 Å². The Morgan fingerprint density at radius 1 is 1.00 bits per heavy atom. The summed E-state index contributed by atoms with van der Waals surface area (Å²) >= 11 is 0. The lowest BCUT2D eigenvalue weighted by molar-refractivity contribution is -0.177. The van der Waals surface area contributed by atoms with Crippen LogP contribution in [-0.4, -0.2) is 44.9 Å². The van der Waals surface area contributed by atoms with Crippen molar-refractivity contribution in [2.45, 2.75) is 18.6 Å². The highest BCUT2D eigenvalue weighted by Crippen LogP contribution is 2.37. The molecule has 2 atom stereocenters. The number of imidazole rings is 1. The minimum Gasteiger partial charge on any atom is -0.368 e. The van der Waals surface area contributed by atoms with Crippen molar-refractivity contribution in [2.24, 2.45) is 11.7 Å². The summed E-state index contributed by atoms with van der Waals surface area (Å²) in [4.78, 5) is 9.92. The topological polar surface area (TPSA) is 84.4 Å². The van der Waals surface area contributed by atoms with Crippen LogP contribution >= 0.6 is 0 Å². The molecule has 12 heteroatoms. The number of pyridine rings is 1. The van der Waals surface area contributed by atoms with Crippen LogP contribution < -0.4 is 16.0 Å². The lowest BCUT2D eigenvalue weighted by atomic mass is 9.93. The SMILES string of the molecule is N[C@H]1C[C@@H](C(F)(F)F)CN(c2ccncc2Nc2ncc3ccc(-c4c(F)cccc4F)nn23)C1. The maximum Gasteiger partial charge on any atom is 0.393 e. The Balaban J connectivity index is 1.50. The predicted octanol–water partition coefficient (Wildman–Crippen LogP) is 4.53. The molecule has 5 rings (SSSR count). The molecule has 1 aliphatic heterocycles. The van der Waals surface area contributed by atoms with Crippen LogP contribution in [0.1, 0.15) is 6.42 Å². The third-order valence-corrected chi connectivity index (χ3v) is 5.93. The van der Waals surface area contributed by atoms with Crippen LogP contribution in [0.2, 0.25) is 0 Å². The molecular formula is C23H20F5N7. The van der Waals surface area contributed by atoms with Crippen LogP contribution in [0, 0.1) is 17.6 Å². The highest BCUT2D eigenvalue weighted by molar-refractivity contribution is 5.74. The lowest BCUT2D eigenvalue weighted by Crippen LogP contribution is -2.51. The maximum atomic E-state index is 14.3. The van der Waals surface area contributed by atoms with Gasteiger partial charge in [0.05, 0.1) is 46.5 Å². The molecule has 0 bridgehead atoms. The largest absolute Gasteiger partial charge is 0.393 e. The number of nitrogens with two attached hydrogens (primary N) is 1. The van der Waals surface area contributed by atoms with Crippen LogP contribution in [0.3, 0.4) is 0 Å². The first-order valence-electron chi connectivity index (χ1n) is 10.8. The number of alkyl halides is 3. The fraction of sp³-hybridized carbons (Fsp3) is 0.261. The number of anilines is 3. The maximum absolute atomic E-state index is 14.3. The summed E-state index contributed by atoms with van der Waals surface area (Å²) in [6.45, 7) is -0.00422. The summed E-state index contributed by atoms with van der Waals surface area (Å²) in [5.41, 5.74) is 7.11. The van der Waals surface area contributed by atoms with E-state index in [1.807, 2.05) is 0 Å². The fourth-order valence-corrected chi connectivity index (χ4v) is 4.30. The van der Waals surface area contributed by atoms with Gasteiger partial charge in [-0.1, -0.05) is 6.07 Å². The number of rotatable bonds is 4. The van der Waals surface area contributed by atoms with Crippen LogP contribution in [0.5, 0.6) is 0 Å². The van der Waals surface area contributed by atoms with Gasteiger partial charge in [-0.05, 0) is 36.8 Å². The molecule has 0 unspecified atom stereocenters. The predicted molar refractivity (Wildman–Crippen MR) is 120 cm³/mol. The van der Waals surface area contributed by atoms with E-state index in [-0.39, 0.29) is 36.7 Å². The van der Waals surface area contributed by atoms with E-state index in [4.69, 9.17) is 5.73 Å². The molecule has 4 aromatic rings. The van der Waals surface area contributed by atoms with Gasteiger partial charge in [0.2, 0.25) is 5.95 Å². The number of fused-ring (bicyclic) bond motifs is 1. The van der Waals surface area contributed by atoms with E-state index in [1.165, 1.54) is 35.2 Å². The Morgan fingerprint density at radius 2 is 1.77 bits per heavy atom. The molecule has 0 spiro atoms. The third kappa shape index (κ3) is 4.48. The number of hydrogen-bond acceptors (Lipinski definition) is 6. The first-order valence-corrected chi connectivity index (χ1v) is 10.8. The van der Waals surface area contributed by atoms with Gasteiger partial charge in [-0.3, -0.25) is 4.98 Å². The summed E-state index contributed by atoms with van der Waals surface area (Å²) < 4.78 is 70.2. The minimum absolute atomic E-state index is 0.0515. The van der Waals surface area contributed by atoms with Crippen molar-refractivity contribution in [1.82, 2.24) is 19.6 Å². The van der Waals surface area contributed by atoms with Gasteiger partial charge in [0.1, 0.15) is 11.6 Å². The molecule has 0 saturated carbocycles. The van der Waals surface area contributed by atoms with Crippen LogP contribution in [0.4, 0.5) is 39.3 Å². The number of piperidine rings is 1. The molecule has 3 aromatic heterocycles. The van der Waals surface area contributed by atoms with Crippen molar-refractivity contribution in [2.75, 3.05) is 23.3 Å². The summed E-state index contributed by atoms with van der Waals surface area (Å²) in [5.74, 6) is -2.88. The highest BCUT2D eigenvalue weighted by Gasteiger charge is 2.44. The Morgan fingerprint density at radius 3 is 2.51 bits per heavy atom. The van der Waals surface area contributed by atoms with Crippen molar-refractivity contribution in [3.8, 4) is 11.3 Å². The van der Waals surface area contributed by atoms with Crippen molar-refractivity contribution in [3.05, 3.63) is 66.6 Å². The quantitative estimate of drug-likeness (QED) is 0.410. The van der Waals surface area contributed by atoms with E-state index < -0.39 is 29.8 Å². The normalized spacial score (nSPS) is 18.7. The Labute approximate surface area is 196 Å². The molecule has 4 heterocycles. The summed E-state index contributed by atoms with van der Waals surface area (Å²) in [6.07, 6.45) is -0.0658. The van der Waals surface area contributed by atoms with Crippen LogP contribution in [0.15, 0.2) is 55.0 Å². The smallest absolute Gasteiger partial charge is 0.368 e. The molecule has 3 N–H and O–H groups in total. The molecule has 1 fully saturated rings. The van der Waals surface area contributed by atoms with Crippen molar-refractivity contribution < 1.29 is 22.0 Å². The molecule has 0 amide bonds. The van der Waals surface area contributed by atoms with Crippen LogP contribution in [-0.2, 0) is 0 Å². The Hall–Kier alpha value is -3.80. The summed E-state index contributed by atoms with van der Waals surface area (Å²) in [7, 11) is 0. The first kappa shape index (κ1) is 23.0. The van der Waals surface area contributed by atoms with Gasteiger partial charge in [-0.25, -0.2) is 13.8 Å². The van der Waals surface area contributed by atoms with Gasteiger partial charge in [0.15, 0.2) is 0 Å². The Kier molecular flexibility index (Phi) is 5.75. The van der Waals surface area contributed by atoms with Gasteiger partial charge in [0.25, 0.3) is 0 Å². The zero-order valence-electron chi connectivity index (χ0n) is 18.2. The van der Waals surface area contributed by atoms with E-state index in [2.05, 4.69) is 20.4 Å². The average Bonchev–Trinajstić information content (AvgIpc) is 3.20. The van der Waals surface area contributed by atoms with E-state index in [1.54, 1.807) is 17.0 Å². The molecule has 7 nitrogen and oxygen atoms in total. The molecule has 0 aliphatic carbocycles. The molecule has 35 heavy (non-hydrogen) atoms. The number of benzene rings is 1. The van der Waals surface area contributed by atoms with E-state index >= 15 is 0 Å². The molecule has 1 saturated heterocycles. The zero-order chi connectivity index (χ0) is 24.7. The van der Waals surface area contributed by atoms with Crippen molar-refractivity contribution in [3.63, 3.8) is 0 Å². The Bertz CT molecular complexity index is 1350. The van der Waals surface area contributed by atoms with E-state index in [0.29, 0.717) is 16.9 Å². The standard InChI is InChI=1S/C23H20F5N7/c24-16-2-1-3-17(25)21(16)18-5-4-15-9-31-22(35(15)33-18)32-19-10-30-7-6-20(19)34-11-13(23(26,27)28)8-14(29)12-34/h1-7,9-10,13-14H,8,11-12,29H2,(H,31,32)/t13-,14+/m1/s1. The minimum atomic E-state index is -4.36. The fourth-order valence-electron chi connectivity index (χ4n) is 4.30. The number of aromatic nitrogens is 4. The molecule has 0 radical (unpaired) electrons. The number of nitrogens with zero attached hydrogens (tertiary/aromatic N) is 5.